The number of nitrogens with one attached hydrogen (secondary N) is 1. The maximum Gasteiger partial charge on any atom is 0.224 e. The van der Waals surface area contributed by atoms with Crippen LogP contribution >= 0.6 is 11.6 Å². The average Bonchev–Trinajstić information content (AvgIpc) is 2.62. The molecule has 0 spiro atoms. The summed E-state index contributed by atoms with van der Waals surface area (Å²) in [6, 6.07) is 8.07. The summed E-state index contributed by atoms with van der Waals surface area (Å²) >= 11 is 6.27. The van der Waals surface area contributed by atoms with Crippen molar-refractivity contribution in [2.24, 2.45) is 17.6 Å². The summed E-state index contributed by atoms with van der Waals surface area (Å²) in [4.78, 5) is 15.0. The molecule has 3 N–H and O–H groups in total. The van der Waals surface area contributed by atoms with Crippen molar-refractivity contribution in [3.63, 3.8) is 0 Å². The zero-order chi connectivity index (χ0) is 18.6. The van der Waals surface area contributed by atoms with E-state index in [9.17, 15) is 4.79 Å². The summed E-state index contributed by atoms with van der Waals surface area (Å²) in [6.07, 6.45) is 6.37. The molecule has 5 heteroatoms. The number of amides is 1. The Morgan fingerprint density at radius 1 is 1.27 bits per heavy atom. The first-order chi connectivity index (χ1) is 12.5. The summed E-state index contributed by atoms with van der Waals surface area (Å²) in [5.41, 5.74) is 7.21. The van der Waals surface area contributed by atoms with E-state index in [1.54, 1.807) is 0 Å². The highest BCUT2D eigenvalue weighted by atomic mass is 35.5. The lowest BCUT2D eigenvalue weighted by atomic mass is 9.74. The van der Waals surface area contributed by atoms with Gasteiger partial charge in [-0.2, -0.15) is 0 Å². The fourth-order valence-electron chi connectivity index (χ4n) is 4.37. The van der Waals surface area contributed by atoms with Gasteiger partial charge in [0, 0.05) is 23.7 Å². The highest BCUT2D eigenvalue weighted by molar-refractivity contribution is 6.31. The van der Waals surface area contributed by atoms with Gasteiger partial charge in [-0.15, -0.1) is 0 Å². The van der Waals surface area contributed by atoms with Crippen LogP contribution < -0.4 is 11.1 Å². The number of hydrogen-bond donors (Lipinski definition) is 2. The third-order valence-corrected chi connectivity index (χ3v) is 6.56. The number of nitrogens with two attached hydrogens (primary N) is 1. The van der Waals surface area contributed by atoms with E-state index in [1.807, 2.05) is 25.1 Å². The smallest absolute Gasteiger partial charge is 0.224 e. The normalized spacial score (nSPS) is 28.0. The van der Waals surface area contributed by atoms with Gasteiger partial charge in [0.05, 0.1) is 5.92 Å². The first-order valence-electron chi connectivity index (χ1n) is 9.98. The summed E-state index contributed by atoms with van der Waals surface area (Å²) < 4.78 is 0. The molecule has 1 aliphatic heterocycles. The van der Waals surface area contributed by atoms with Gasteiger partial charge in [-0.25, -0.2) is 0 Å². The Labute approximate surface area is 162 Å². The lowest BCUT2D eigenvalue weighted by Crippen LogP contribution is -2.53. The monoisotopic (exact) mass is 377 g/mol. The van der Waals surface area contributed by atoms with Gasteiger partial charge in [0.1, 0.15) is 0 Å². The number of likely N-dealkylation sites (tertiary alicyclic amines) is 1. The van der Waals surface area contributed by atoms with E-state index in [0.717, 1.165) is 69.7 Å². The third kappa shape index (κ3) is 4.99. The molecule has 1 amide bonds. The van der Waals surface area contributed by atoms with Crippen molar-refractivity contribution in [1.29, 1.82) is 0 Å². The number of carbonyl (C=O) groups excluding carboxylic acids is 1. The van der Waals surface area contributed by atoms with Gasteiger partial charge in [0.15, 0.2) is 0 Å². The van der Waals surface area contributed by atoms with E-state index < -0.39 is 0 Å². The van der Waals surface area contributed by atoms with Crippen LogP contribution in [0.5, 0.6) is 0 Å². The minimum Gasteiger partial charge on any atom is -0.356 e. The Morgan fingerprint density at radius 3 is 2.69 bits per heavy atom. The topological polar surface area (TPSA) is 58.4 Å². The molecule has 1 saturated heterocycles. The highest BCUT2D eigenvalue weighted by Crippen LogP contribution is 2.31. The van der Waals surface area contributed by atoms with Gasteiger partial charge >= 0.3 is 0 Å². The number of hydrogen-bond acceptors (Lipinski definition) is 3. The van der Waals surface area contributed by atoms with Crippen LogP contribution in [-0.4, -0.2) is 36.0 Å². The molecule has 144 valence electrons. The van der Waals surface area contributed by atoms with Crippen LogP contribution in [0.15, 0.2) is 24.3 Å². The molecule has 1 aliphatic carbocycles. The van der Waals surface area contributed by atoms with E-state index in [0.29, 0.717) is 5.92 Å². The zero-order valence-electron chi connectivity index (χ0n) is 15.8. The molecule has 1 heterocycles. The number of benzene rings is 1. The molecular formula is C21H32ClN3O. The van der Waals surface area contributed by atoms with Crippen molar-refractivity contribution < 1.29 is 4.79 Å². The van der Waals surface area contributed by atoms with E-state index in [4.69, 9.17) is 17.3 Å². The van der Waals surface area contributed by atoms with Crippen LogP contribution in [0.2, 0.25) is 5.02 Å². The first-order valence-corrected chi connectivity index (χ1v) is 10.4. The van der Waals surface area contributed by atoms with Gasteiger partial charge in [-0.1, -0.05) is 42.6 Å². The van der Waals surface area contributed by atoms with Crippen LogP contribution in [0.3, 0.4) is 0 Å². The standard InChI is InChI=1S/C21H32ClN3O/c1-21(23)11-5-4-7-18(21)20(26)24-14-16-9-12-25(13-10-16)15-17-6-2-3-8-19(17)22/h2-3,6,8,16,18H,4-5,7,9-15,23H2,1H3,(H,24,26). The molecule has 1 aromatic rings. The molecule has 2 atom stereocenters. The molecule has 1 aromatic carbocycles. The van der Waals surface area contributed by atoms with Crippen LogP contribution in [0, 0.1) is 11.8 Å². The summed E-state index contributed by atoms with van der Waals surface area (Å²) in [7, 11) is 0. The van der Waals surface area contributed by atoms with Gasteiger partial charge in [-0.3, -0.25) is 9.69 Å². The molecule has 2 unspecified atom stereocenters. The van der Waals surface area contributed by atoms with E-state index >= 15 is 0 Å². The number of nitrogens with zero attached hydrogens (tertiary/aromatic N) is 1. The summed E-state index contributed by atoms with van der Waals surface area (Å²) in [5, 5.41) is 4.04. The molecule has 1 saturated carbocycles. The third-order valence-electron chi connectivity index (χ3n) is 6.19. The van der Waals surface area contributed by atoms with Gasteiger partial charge < -0.3 is 11.1 Å². The van der Waals surface area contributed by atoms with Gasteiger partial charge in [0.2, 0.25) is 5.91 Å². The lowest BCUT2D eigenvalue weighted by Gasteiger charge is -2.38. The van der Waals surface area contributed by atoms with Crippen molar-refractivity contribution in [2.75, 3.05) is 19.6 Å². The quantitative estimate of drug-likeness (QED) is 0.824. The highest BCUT2D eigenvalue weighted by Gasteiger charge is 2.37. The molecule has 0 radical (unpaired) electrons. The van der Waals surface area contributed by atoms with Crippen LogP contribution in [0.4, 0.5) is 0 Å². The maximum atomic E-state index is 12.6. The Kier molecular flexibility index (Phi) is 6.60. The Hall–Kier alpha value is -1.10. The van der Waals surface area contributed by atoms with Crippen molar-refractivity contribution in [2.45, 2.75) is 57.5 Å². The Balaban J connectivity index is 1.41. The maximum absolute atomic E-state index is 12.6. The fraction of sp³-hybridized carbons (Fsp3) is 0.667. The second-order valence-electron chi connectivity index (χ2n) is 8.36. The zero-order valence-corrected chi connectivity index (χ0v) is 16.6. The number of carbonyl (C=O) groups is 1. The number of halogens is 1. The van der Waals surface area contributed by atoms with Crippen molar-refractivity contribution >= 4 is 17.5 Å². The van der Waals surface area contributed by atoms with Crippen LogP contribution in [-0.2, 0) is 11.3 Å². The SMILES string of the molecule is CC1(N)CCCCC1C(=O)NCC1CCN(Cc2ccccc2Cl)CC1. The largest absolute Gasteiger partial charge is 0.356 e. The van der Waals surface area contributed by atoms with Crippen LogP contribution in [0.25, 0.3) is 0 Å². The van der Waals surface area contributed by atoms with Gasteiger partial charge in [-0.05, 0) is 63.2 Å². The second kappa shape index (κ2) is 8.73. The minimum absolute atomic E-state index is 0.0310. The molecule has 0 bridgehead atoms. The first kappa shape index (κ1) is 19.7. The molecule has 0 aromatic heterocycles. The predicted octanol–water partition coefficient (Wildman–Crippen LogP) is 3.58. The number of rotatable bonds is 5. The minimum atomic E-state index is -0.347. The summed E-state index contributed by atoms with van der Waals surface area (Å²) in [6.45, 7) is 5.84. The van der Waals surface area contributed by atoms with E-state index in [2.05, 4.69) is 16.3 Å². The second-order valence-corrected chi connectivity index (χ2v) is 8.77. The summed E-state index contributed by atoms with van der Waals surface area (Å²) in [5.74, 6) is 0.693. The molecular weight excluding hydrogens is 346 g/mol. The van der Waals surface area contributed by atoms with Crippen LogP contribution in [0.1, 0.15) is 51.0 Å². The van der Waals surface area contributed by atoms with Crippen molar-refractivity contribution in [3.8, 4) is 0 Å². The van der Waals surface area contributed by atoms with Crippen molar-refractivity contribution in [1.82, 2.24) is 10.2 Å². The Morgan fingerprint density at radius 2 is 2.00 bits per heavy atom. The molecule has 3 rings (SSSR count). The molecule has 4 nitrogen and oxygen atoms in total. The van der Waals surface area contributed by atoms with Gasteiger partial charge in [0.25, 0.3) is 0 Å². The Bertz CT molecular complexity index is 611. The van der Waals surface area contributed by atoms with E-state index in [-0.39, 0.29) is 17.4 Å². The fourth-order valence-corrected chi connectivity index (χ4v) is 4.57. The molecule has 2 aliphatic rings. The predicted molar refractivity (Wildman–Crippen MR) is 107 cm³/mol. The lowest BCUT2D eigenvalue weighted by molar-refractivity contribution is -0.128. The molecule has 2 fully saturated rings. The van der Waals surface area contributed by atoms with Crippen molar-refractivity contribution in [3.05, 3.63) is 34.9 Å². The average molecular weight is 378 g/mol. The number of piperidine rings is 1. The molecule has 26 heavy (non-hydrogen) atoms. The van der Waals surface area contributed by atoms with E-state index in [1.165, 1.54) is 5.56 Å².